The van der Waals surface area contributed by atoms with Gasteiger partial charge in [-0.05, 0) is 62.1 Å². The summed E-state index contributed by atoms with van der Waals surface area (Å²) in [5, 5.41) is 2.90. The molecule has 0 saturated heterocycles. The Kier molecular flexibility index (Phi) is 2.27. The van der Waals surface area contributed by atoms with Gasteiger partial charge in [-0.1, -0.05) is 12.1 Å². The Morgan fingerprint density at radius 1 is 0.647 bits per heavy atom. The molecule has 0 unspecified atom stereocenters. The van der Waals surface area contributed by atoms with Crippen molar-refractivity contribution in [2.45, 2.75) is 27.7 Å². The zero-order valence-electron chi connectivity index (χ0n) is 10.7. The van der Waals surface area contributed by atoms with Crippen molar-refractivity contribution >= 4 is 31.5 Å². The van der Waals surface area contributed by atoms with E-state index in [-0.39, 0.29) is 0 Å². The van der Waals surface area contributed by atoms with Crippen molar-refractivity contribution in [2.24, 2.45) is 0 Å². The molecule has 86 valence electrons. The molecule has 1 heterocycles. The van der Waals surface area contributed by atoms with Crippen LogP contribution in [0.2, 0.25) is 0 Å². The summed E-state index contributed by atoms with van der Waals surface area (Å²) in [4.78, 5) is 0. The largest absolute Gasteiger partial charge is 0.135 e. The van der Waals surface area contributed by atoms with Gasteiger partial charge in [0.15, 0.2) is 0 Å². The van der Waals surface area contributed by atoms with Crippen molar-refractivity contribution in [3.8, 4) is 0 Å². The van der Waals surface area contributed by atoms with Crippen LogP contribution in [-0.2, 0) is 0 Å². The first kappa shape index (κ1) is 10.8. The normalized spacial score (nSPS) is 11.5. The average Bonchev–Trinajstić information content (AvgIpc) is 2.55. The average molecular weight is 240 g/mol. The van der Waals surface area contributed by atoms with Crippen molar-refractivity contribution in [1.82, 2.24) is 0 Å². The van der Waals surface area contributed by atoms with E-state index in [1.54, 1.807) is 0 Å². The van der Waals surface area contributed by atoms with Gasteiger partial charge in [-0.15, -0.1) is 11.3 Å². The van der Waals surface area contributed by atoms with E-state index >= 15 is 0 Å². The van der Waals surface area contributed by atoms with Gasteiger partial charge in [0.05, 0.1) is 0 Å². The fraction of sp³-hybridized carbons (Fsp3) is 0.250. The molecule has 3 rings (SSSR count). The van der Waals surface area contributed by atoms with E-state index in [2.05, 4.69) is 52.0 Å². The Hall–Kier alpha value is -1.34. The maximum absolute atomic E-state index is 2.31. The fourth-order valence-corrected chi connectivity index (χ4v) is 4.23. The highest BCUT2D eigenvalue weighted by Gasteiger charge is 2.10. The first-order chi connectivity index (χ1) is 8.06. The minimum absolute atomic E-state index is 1.36. The third kappa shape index (κ3) is 1.57. The van der Waals surface area contributed by atoms with Crippen LogP contribution in [0.5, 0.6) is 0 Å². The smallest absolute Gasteiger partial charge is 0.0360 e. The molecule has 0 bridgehead atoms. The molecule has 1 heteroatoms. The molecular weight excluding hydrogens is 224 g/mol. The second-order valence-electron chi connectivity index (χ2n) is 5.01. The molecule has 0 saturated carbocycles. The highest BCUT2D eigenvalue weighted by atomic mass is 32.1. The topological polar surface area (TPSA) is 0 Å². The molecule has 3 aromatic rings. The molecule has 0 nitrogen and oxygen atoms in total. The number of aryl methyl sites for hydroxylation is 4. The molecule has 0 aliphatic carbocycles. The molecule has 0 amide bonds. The Morgan fingerprint density at radius 3 is 1.47 bits per heavy atom. The van der Waals surface area contributed by atoms with Gasteiger partial charge in [0, 0.05) is 20.2 Å². The Labute approximate surface area is 106 Å². The molecule has 0 radical (unpaired) electrons. The molecule has 0 aliphatic rings. The second-order valence-corrected chi connectivity index (χ2v) is 6.10. The lowest BCUT2D eigenvalue weighted by Gasteiger charge is -2.03. The highest BCUT2D eigenvalue weighted by Crippen LogP contribution is 2.38. The maximum Gasteiger partial charge on any atom is 0.0360 e. The van der Waals surface area contributed by atoms with Crippen LogP contribution in [0.15, 0.2) is 24.3 Å². The van der Waals surface area contributed by atoms with Gasteiger partial charge >= 0.3 is 0 Å². The third-order valence-corrected chi connectivity index (χ3v) is 4.44. The van der Waals surface area contributed by atoms with Crippen LogP contribution in [0.3, 0.4) is 0 Å². The number of benzene rings is 2. The van der Waals surface area contributed by atoms with Gasteiger partial charge in [-0.2, -0.15) is 0 Å². The number of fused-ring (bicyclic) bond motifs is 3. The molecular formula is C16H16S. The molecule has 0 spiro atoms. The van der Waals surface area contributed by atoms with Crippen LogP contribution < -0.4 is 0 Å². The molecule has 17 heavy (non-hydrogen) atoms. The molecule has 0 atom stereocenters. The lowest BCUT2D eigenvalue weighted by atomic mass is 10.0. The standard InChI is InChI=1S/C16H16S/c1-9-5-11(3)15-13(7-9)17-14-8-10(2)6-12(4)16(14)15/h5-8H,1-4H3. The van der Waals surface area contributed by atoms with Crippen molar-refractivity contribution in [3.05, 3.63) is 46.5 Å². The summed E-state index contributed by atoms with van der Waals surface area (Å²) in [6.07, 6.45) is 0. The monoisotopic (exact) mass is 240 g/mol. The number of hydrogen-bond donors (Lipinski definition) is 0. The third-order valence-electron chi connectivity index (χ3n) is 3.36. The highest BCUT2D eigenvalue weighted by molar-refractivity contribution is 7.25. The van der Waals surface area contributed by atoms with Crippen LogP contribution in [-0.4, -0.2) is 0 Å². The maximum atomic E-state index is 2.31. The predicted octanol–water partition coefficient (Wildman–Crippen LogP) is 5.29. The van der Waals surface area contributed by atoms with Gasteiger partial charge in [0.25, 0.3) is 0 Å². The van der Waals surface area contributed by atoms with Crippen LogP contribution >= 0.6 is 11.3 Å². The van der Waals surface area contributed by atoms with Gasteiger partial charge in [-0.25, -0.2) is 0 Å². The van der Waals surface area contributed by atoms with Crippen LogP contribution in [0, 0.1) is 27.7 Å². The van der Waals surface area contributed by atoms with E-state index in [4.69, 9.17) is 0 Å². The van der Waals surface area contributed by atoms with E-state index in [0.717, 1.165) is 0 Å². The van der Waals surface area contributed by atoms with E-state index in [9.17, 15) is 0 Å². The summed E-state index contributed by atoms with van der Waals surface area (Å²) in [6, 6.07) is 9.19. The second kappa shape index (κ2) is 3.58. The van der Waals surface area contributed by atoms with Crippen molar-refractivity contribution in [1.29, 1.82) is 0 Å². The van der Waals surface area contributed by atoms with Crippen LogP contribution in [0.4, 0.5) is 0 Å². The Balaban J connectivity index is 2.60. The number of hydrogen-bond acceptors (Lipinski definition) is 1. The summed E-state index contributed by atoms with van der Waals surface area (Å²) >= 11 is 1.92. The van der Waals surface area contributed by atoms with Crippen LogP contribution in [0.25, 0.3) is 20.2 Å². The first-order valence-electron chi connectivity index (χ1n) is 5.97. The summed E-state index contributed by atoms with van der Waals surface area (Å²) in [5.74, 6) is 0. The lowest BCUT2D eigenvalue weighted by Crippen LogP contribution is -1.81. The first-order valence-corrected chi connectivity index (χ1v) is 6.78. The van der Waals surface area contributed by atoms with Crippen molar-refractivity contribution in [2.75, 3.05) is 0 Å². The van der Waals surface area contributed by atoms with E-state index in [1.165, 1.54) is 42.4 Å². The van der Waals surface area contributed by atoms with E-state index < -0.39 is 0 Å². The molecule has 2 aromatic carbocycles. The SMILES string of the molecule is Cc1cc(C)c2c(c1)sc1cc(C)cc(C)c12. The zero-order chi connectivity index (χ0) is 12.2. The van der Waals surface area contributed by atoms with E-state index in [0.29, 0.717) is 0 Å². The minimum Gasteiger partial charge on any atom is -0.135 e. The summed E-state index contributed by atoms with van der Waals surface area (Å²) in [5.41, 5.74) is 5.52. The summed E-state index contributed by atoms with van der Waals surface area (Å²) in [6.45, 7) is 8.80. The Morgan fingerprint density at radius 2 is 1.06 bits per heavy atom. The lowest BCUT2D eigenvalue weighted by molar-refractivity contribution is 1.43. The molecule has 0 aliphatic heterocycles. The Bertz CT molecular complexity index is 670. The van der Waals surface area contributed by atoms with Crippen molar-refractivity contribution in [3.63, 3.8) is 0 Å². The summed E-state index contributed by atoms with van der Waals surface area (Å²) in [7, 11) is 0. The summed E-state index contributed by atoms with van der Waals surface area (Å²) < 4.78 is 2.84. The van der Waals surface area contributed by atoms with Crippen molar-refractivity contribution < 1.29 is 0 Å². The predicted molar refractivity (Wildman–Crippen MR) is 78.3 cm³/mol. The molecule has 1 aromatic heterocycles. The number of thiophene rings is 1. The molecule has 0 fully saturated rings. The molecule has 0 N–H and O–H groups in total. The minimum atomic E-state index is 1.36. The number of rotatable bonds is 0. The van der Waals surface area contributed by atoms with E-state index in [1.807, 2.05) is 11.3 Å². The fourth-order valence-electron chi connectivity index (χ4n) is 2.78. The van der Waals surface area contributed by atoms with Gasteiger partial charge in [0.2, 0.25) is 0 Å². The quantitative estimate of drug-likeness (QED) is 0.501. The van der Waals surface area contributed by atoms with Gasteiger partial charge in [0.1, 0.15) is 0 Å². The zero-order valence-corrected chi connectivity index (χ0v) is 11.5. The van der Waals surface area contributed by atoms with Gasteiger partial charge < -0.3 is 0 Å². The van der Waals surface area contributed by atoms with Gasteiger partial charge in [-0.3, -0.25) is 0 Å². The van der Waals surface area contributed by atoms with Crippen LogP contribution in [0.1, 0.15) is 22.3 Å².